The largest absolute Gasteiger partial charge is 0.490 e. The molecule has 0 saturated carbocycles. The van der Waals surface area contributed by atoms with E-state index in [1.165, 1.54) is 0 Å². The summed E-state index contributed by atoms with van der Waals surface area (Å²) in [5, 5.41) is 10.8. The van der Waals surface area contributed by atoms with Crippen molar-refractivity contribution in [3.8, 4) is 22.9 Å². The molecule has 0 radical (unpaired) electrons. The Morgan fingerprint density at radius 3 is 2.86 bits per heavy atom. The quantitative estimate of drug-likeness (QED) is 0.536. The number of carbonyl (C=O) groups is 1. The molecule has 2 aromatic heterocycles. The molecule has 29 heavy (non-hydrogen) atoms. The lowest BCUT2D eigenvalue weighted by Gasteiger charge is -2.12. The van der Waals surface area contributed by atoms with Crippen molar-refractivity contribution in [1.29, 1.82) is 0 Å². The standard InChI is InChI=1S/C20H20ClN3O4S/c1-3-22-18(25)11-27-16-6-5-13(10-17(16)26-4-2)9-15(21)20-23-19(24-28-20)14-7-8-29-12-14/h5-10,12H,3-4,11H2,1-2H3,(H,22,25)/b15-9-. The second kappa shape index (κ2) is 10.1. The van der Waals surface area contributed by atoms with Gasteiger partial charge in [-0.25, -0.2) is 0 Å². The first-order valence-corrected chi connectivity index (χ1v) is 10.3. The molecule has 1 aromatic carbocycles. The molecule has 1 amide bonds. The van der Waals surface area contributed by atoms with Gasteiger partial charge in [0.2, 0.25) is 5.82 Å². The molecule has 0 saturated heterocycles. The fourth-order valence-corrected chi connectivity index (χ4v) is 3.27. The van der Waals surface area contributed by atoms with E-state index in [9.17, 15) is 4.79 Å². The summed E-state index contributed by atoms with van der Waals surface area (Å²) in [5.74, 6) is 1.50. The molecular formula is C20H20ClN3O4S. The minimum atomic E-state index is -0.195. The molecule has 3 rings (SSSR count). The summed E-state index contributed by atoms with van der Waals surface area (Å²) in [4.78, 5) is 15.9. The van der Waals surface area contributed by atoms with E-state index in [2.05, 4.69) is 15.5 Å². The minimum absolute atomic E-state index is 0.0861. The third-order valence-electron chi connectivity index (χ3n) is 3.70. The highest BCUT2D eigenvalue weighted by Crippen LogP contribution is 2.31. The summed E-state index contributed by atoms with van der Waals surface area (Å²) in [5.41, 5.74) is 1.64. The highest BCUT2D eigenvalue weighted by Gasteiger charge is 2.13. The average molecular weight is 434 g/mol. The number of likely N-dealkylation sites (N-methyl/N-ethyl adjacent to an activating group) is 1. The van der Waals surface area contributed by atoms with Crippen LogP contribution in [0.3, 0.4) is 0 Å². The Hall–Kier alpha value is -2.84. The van der Waals surface area contributed by atoms with E-state index in [1.54, 1.807) is 35.6 Å². The maximum atomic E-state index is 11.6. The Bertz CT molecular complexity index is 986. The number of amides is 1. The van der Waals surface area contributed by atoms with E-state index in [4.69, 9.17) is 25.6 Å². The van der Waals surface area contributed by atoms with Gasteiger partial charge in [0.1, 0.15) is 5.03 Å². The first-order valence-electron chi connectivity index (χ1n) is 9.01. The molecular weight excluding hydrogens is 414 g/mol. The molecule has 3 aromatic rings. The van der Waals surface area contributed by atoms with Gasteiger partial charge < -0.3 is 19.3 Å². The van der Waals surface area contributed by atoms with Crippen LogP contribution in [0.1, 0.15) is 25.3 Å². The molecule has 0 atom stereocenters. The number of carbonyl (C=O) groups excluding carboxylic acids is 1. The number of halogens is 1. The summed E-state index contributed by atoms with van der Waals surface area (Å²) < 4.78 is 16.4. The Morgan fingerprint density at radius 2 is 2.14 bits per heavy atom. The molecule has 9 heteroatoms. The van der Waals surface area contributed by atoms with Gasteiger partial charge in [0.05, 0.1) is 6.61 Å². The summed E-state index contributed by atoms with van der Waals surface area (Å²) in [7, 11) is 0. The van der Waals surface area contributed by atoms with Crippen LogP contribution in [0.2, 0.25) is 0 Å². The lowest BCUT2D eigenvalue weighted by Crippen LogP contribution is -2.28. The Labute approximate surface area is 177 Å². The number of nitrogens with zero attached hydrogens (tertiary/aromatic N) is 2. The predicted molar refractivity (Wildman–Crippen MR) is 113 cm³/mol. The van der Waals surface area contributed by atoms with Crippen molar-refractivity contribution in [2.75, 3.05) is 19.8 Å². The van der Waals surface area contributed by atoms with Crippen LogP contribution in [0.25, 0.3) is 22.5 Å². The van der Waals surface area contributed by atoms with E-state index in [0.717, 1.165) is 11.1 Å². The van der Waals surface area contributed by atoms with Gasteiger partial charge >= 0.3 is 0 Å². The molecule has 2 heterocycles. The van der Waals surface area contributed by atoms with Gasteiger partial charge in [0.15, 0.2) is 18.1 Å². The minimum Gasteiger partial charge on any atom is -0.490 e. The highest BCUT2D eigenvalue weighted by molar-refractivity contribution is 7.08. The van der Waals surface area contributed by atoms with Gasteiger partial charge in [-0.3, -0.25) is 4.79 Å². The highest BCUT2D eigenvalue weighted by atomic mass is 35.5. The molecule has 0 bridgehead atoms. The van der Waals surface area contributed by atoms with Crippen LogP contribution in [0.15, 0.2) is 39.5 Å². The van der Waals surface area contributed by atoms with Crippen molar-refractivity contribution in [2.45, 2.75) is 13.8 Å². The smallest absolute Gasteiger partial charge is 0.269 e. The third kappa shape index (κ3) is 5.58. The molecule has 0 aliphatic carbocycles. The summed E-state index contributed by atoms with van der Waals surface area (Å²) >= 11 is 7.92. The van der Waals surface area contributed by atoms with Gasteiger partial charge in [-0.15, -0.1) is 0 Å². The van der Waals surface area contributed by atoms with Crippen molar-refractivity contribution < 1.29 is 18.8 Å². The summed E-state index contributed by atoms with van der Waals surface area (Å²) in [6, 6.07) is 7.21. The number of ether oxygens (including phenoxy) is 2. The normalized spacial score (nSPS) is 11.3. The summed E-state index contributed by atoms with van der Waals surface area (Å²) in [6.45, 7) is 4.63. The molecule has 1 N–H and O–H groups in total. The first-order chi connectivity index (χ1) is 14.1. The monoisotopic (exact) mass is 433 g/mol. The number of hydrogen-bond acceptors (Lipinski definition) is 7. The van der Waals surface area contributed by atoms with E-state index in [1.807, 2.05) is 30.7 Å². The topological polar surface area (TPSA) is 86.5 Å². The van der Waals surface area contributed by atoms with Crippen LogP contribution >= 0.6 is 22.9 Å². The van der Waals surface area contributed by atoms with Gasteiger partial charge in [0.25, 0.3) is 11.8 Å². The Balaban J connectivity index is 1.77. The van der Waals surface area contributed by atoms with Crippen LogP contribution in [0, 0.1) is 0 Å². The number of thiophene rings is 1. The van der Waals surface area contributed by atoms with Crippen molar-refractivity contribution in [3.63, 3.8) is 0 Å². The molecule has 0 aliphatic rings. The molecule has 0 unspecified atom stereocenters. The predicted octanol–water partition coefficient (Wildman–Crippen LogP) is 4.45. The van der Waals surface area contributed by atoms with Crippen LogP contribution in [-0.2, 0) is 4.79 Å². The van der Waals surface area contributed by atoms with Gasteiger partial charge in [-0.05, 0) is 49.1 Å². The zero-order valence-corrected chi connectivity index (χ0v) is 17.5. The van der Waals surface area contributed by atoms with Crippen molar-refractivity contribution >= 4 is 40.0 Å². The first kappa shape index (κ1) is 20.9. The molecule has 0 aliphatic heterocycles. The van der Waals surface area contributed by atoms with Crippen LogP contribution in [0.4, 0.5) is 0 Å². The van der Waals surface area contributed by atoms with Crippen LogP contribution in [-0.4, -0.2) is 35.8 Å². The fourth-order valence-electron chi connectivity index (χ4n) is 2.43. The van der Waals surface area contributed by atoms with Crippen molar-refractivity contribution in [2.24, 2.45) is 0 Å². The third-order valence-corrected chi connectivity index (χ3v) is 4.66. The van der Waals surface area contributed by atoms with Crippen LogP contribution in [0.5, 0.6) is 11.5 Å². The second-order valence-electron chi connectivity index (χ2n) is 5.81. The fraction of sp³-hybridized carbons (Fsp3) is 0.250. The van der Waals surface area contributed by atoms with E-state index >= 15 is 0 Å². The number of rotatable bonds is 9. The van der Waals surface area contributed by atoms with Crippen molar-refractivity contribution in [1.82, 2.24) is 15.5 Å². The van der Waals surface area contributed by atoms with Crippen molar-refractivity contribution in [3.05, 3.63) is 46.5 Å². The lowest BCUT2D eigenvalue weighted by molar-refractivity contribution is -0.123. The maximum absolute atomic E-state index is 11.6. The molecule has 7 nitrogen and oxygen atoms in total. The van der Waals surface area contributed by atoms with Gasteiger partial charge in [0, 0.05) is 17.5 Å². The number of aromatic nitrogens is 2. The van der Waals surface area contributed by atoms with Gasteiger partial charge in [-0.1, -0.05) is 22.8 Å². The molecule has 0 fully saturated rings. The van der Waals surface area contributed by atoms with Crippen LogP contribution < -0.4 is 14.8 Å². The Kier molecular flexibility index (Phi) is 7.26. The van der Waals surface area contributed by atoms with Gasteiger partial charge in [-0.2, -0.15) is 16.3 Å². The molecule has 152 valence electrons. The number of benzene rings is 1. The number of hydrogen-bond donors (Lipinski definition) is 1. The van der Waals surface area contributed by atoms with E-state index in [0.29, 0.717) is 35.5 Å². The van der Waals surface area contributed by atoms with E-state index < -0.39 is 0 Å². The number of nitrogens with one attached hydrogen (secondary N) is 1. The average Bonchev–Trinajstić information content (AvgIpc) is 3.39. The zero-order valence-electron chi connectivity index (χ0n) is 16.0. The van der Waals surface area contributed by atoms with E-state index in [-0.39, 0.29) is 18.4 Å². The maximum Gasteiger partial charge on any atom is 0.269 e. The summed E-state index contributed by atoms with van der Waals surface area (Å²) in [6.07, 6.45) is 1.70. The molecule has 0 spiro atoms. The second-order valence-corrected chi connectivity index (χ2v) is 7.00. The SMILES string of the molecule is CCNC(=O)COc1ccc(/C=C(\Cl)c2nc(-c3ccsc3)no2)cc1OCC. The Morgan fingerprint density at radius 1 is 1.28 bits per heavy atom. The lowest BCUT2D eigenvalue weighted by atomic mass is 10.2. The zero-order chi connectivity index (χ0) is 20.6.